The van der Waals surface area contributed by atoms with E-state index in [4.69, 9.17) is 10.7 Å². The molecule has 206 valence electrons. The fraction of sp³-hybridized carbons (Fsp3) is 0.821. The minimum Gasteiger partial charge on any atom is -0.390 e. The van der Waals surface area contributed by atoms with Crippen molar-refractivity contribution in [2.24, 2.45) is 32.5 Å². The van der Waals surface area contributed by atoms with E-state index >= 15 is 0 Å². The van der Waals surface area contributed by atoms with Crippen LogP contribution in [0.2, 0.25) is 0 Å². The van der Waals surface area contributed by atoms with E-state index in [1.165, 1.54) is 45.4 Å². The van der Waals surface area contributed by atoms with Crippen LogP contribution < -0.4 is 5.73 Å². The molecule has 3 aliphatic heterocycles. The summed E-state index contributed by atoms with van der Waals surface area (Å²) in [6.45, 7) is 11.6. The number of amides is 1. The van der Waals surface area contributed by atoms with Crippen molar-refractivity contribution in [3.8, 4) is 0 Å². The van der Waals surface area contributed by atoms with Crippen LogP contribution in [0.5, 0.6) is 0 Å². The average molecular weight is 530 g/mol. The summed E-state index contributed by atoms with van der Waals surface area (Å²) in [5.41, 5.74) is 7.44. The van der Waals surface area contributed by atoms with E-state index in [2.05, 4.69) is 45.6 Å². The lowest BCUT2D eigenvalue weighted by Crippen LogP contribution is -2.36. The van der Waals surface area contributed by atoms with E-state index in [1.807, 2.05) is 17.0 Å². The molecule has 0 bridgehead atoms. The van der Waals surface area contributed by atoms with E-state index in [1.54, 1.807) is 0 Å². The molecule has 0 aromatic carbocycles. The number of carbonyl (C=O) groups is 1. The largest absolute Gasteiger partial charge is 0.390 e. The maximum atomic E-state index is 12.3. The van der Waals surface area contributed by atoms with Crippen LogP contribution >= 0.6 is 12.1 Å². The second-order valence-corrected chi connectivity index (χ2v) is 13.9. The number of rotatable bonds is 9. The maximum absolute atomic E-state index is 12.3. The van der Waals surface area contributed by atoms with Crippen LogP contribution in [0.4, 0.5) is 0 Å². The van der Waals surface area contributed by atoms with Crippen LogP contribution in [0, 0.1) is 16.7 Å². The quantitative estimate of drug-likeness (QED) is 0.212. The number of carbonyl (C=O) groups excluding carboxylic acids is 1. The van der Waals surface area contributed by atoms with Gasteiger partial charge in [0.05, 0.1) is 12.4 Å². The number of likely N-dealkylation sites (tertiary alicyclic amines) is 1. The Morgan fingerprint density at radius 3 is 2.38 bits per heavy atom. The molecule has 2 aliphatic carbocycles. The highest BCUT2D eigenvalue weighted by Gasteiger charge is 2.45. The first-order valence-electron chi connectivity index (χ1n) is 14.5. The van der Waals surface area contributed by atoms with Crippen molar-refractivity contribution >= 4 is 31.1 Å². The highest BCUT2D eigenvalue weighted by Crippen LogP contribution is 2.52. The zero-order valence-corrected chi connectivity index (χ0v) is 24.0. The van der Waals surface area contributed by atoms with Gasteiger partial charge in [-0.2, -0.15) is 0 Å². The zero-order chi connectivity index (χ0) is 26.0. The van der Waals surface area contributed by atoms with Gasteiger partial charge in [0.1, 0.15) is 5.82 Å². The van der Waals surface area contributed by atoms with E-state index in [9.17, 15) is 4.79 Å². The lowest BCUT2D eigenvalue weighted by atomic mass is 9.87. The Kier molecular flexibility index (Phi) is 8.34. The minimum atomic E-state index is 0.0328. The Balaban J connectivity index is 1.22. The van der Waals surface area contributed by atoms with Crippen LogP contribution in [0.3, 0.4) is 0 Å². The molecule has 0 aromatic rings. The second kappa shape index (κ2) is 11.4. The third kappa shape index (κ3) is 6.10. The number of nitrogens with zero attached hydrogens (tertiary/aromatic N) is 6. The lowest BCUT2D eigenvalue weighted by molar-refractivity contribution is -0.118. The SMILES string of the molecule is CC1CCCC1N(C=O)C(/N=C/N)=C(/C=NC1CCN(SN2CCC3(CCN(C)C3)C2)CC1)C1(C)CC1. The van der Waals surface area contributed by atoms with Gasteiger partial charge in [0.25, 0.3) is 0 Å². The van der Waals surface area contributed by atoms with Crippen molar-refractivity contribution in [2.75, 3.05) is 46.3 Å². The number of piperidine rings is 1. The summed E-state index contributed by atoms with van der Waals surface area (Å²) in [6, 6.07) is 0.511. The van der Waals surface area contributed by atoms with Crippen LogP contribution in [0.1, 0.15) is 71.6 Å². The van der Waals surface area contributed by atoms with Crippen molar-refractivity contribution in [3.63, 3.8) is 0 Å². The zero-order valence-electron chi connectivity index (χ0n) is 23.1. The molecule has 37 heavy (non-hydrogen) atoms. The first kappa shape index (κ1) is 27.2. The third-order valence-electron chi connectivity index (χ3n) is 9.72. The summed E-state index contributed by atoms with van der Waals surface area (Å²) in [7, 11) is 2.26. The Labute approximate surface area is 228 Å². The molecule has 3 atom stereocenters. The van der Waals surface area contributed by atoms with Crippen LogP contribution in [0.15, 0.2) is 21.4 Å². The van der Waals surface area contributed by atoms with Crippen LogP contribution in [-0.2, 0) is 4.79 Å². The topological polar surface area (TPSA) is 80.8 Å². The summed E-state index contributed by atoms with van der Waals surface area (Å²) in [5.74, 6) is 1.19. The third-order valence-corrected chi connectivity index (χ3v) is 10.9. The van der Waals surface area contributed by atoms with Gasteiger partial charge in [-0.15, -0.1) is 0 Å². The van der Waals surface area contributed by atoms with Gasteiger partial charge < -0.3 is 10.6 Å². The minimum absolute atomic E-state index is 0.0328. The first-order chi connectivity index (χ1) is 17.8. The summed E-state index contributed by atoms with van der Waals surface area (Å²) >= 11 is 1.97. The molecule has 0 aromatic heterocycles. The first-order valence-corrected chi connectivity index (χ1v) is 15.2. The molecule has 0 radical (unpaired) electrons. The van der Waals surface area contributed by atoms with Crippen molar-refractivity contribution in [2.45, 2.75) is 83.7 Å². The van der Waals surface area contributed by atoms with Crippen LogP contribution in [0.25, 0.3) is 0 Å². The molecule has 1 spiro atoms. The molecule has 8 nitrogen and oxygen atoms in total. The van der Waals surface area contributed by atoms with Crippen molar-refractivity contribution in [1.82, 2.24) is 18.4 Å². The van der Waals surface area contributed by atoms with Gasteiger partial charge in [0.2, 0.25) is 6.41 Å². The summed E-state index contributed by atoms with van der Waals surface area (Å²) in [6.07, 6.45) is 14.7. The summed E-state index contributed by atoms with van der Waals surface area (Å²) in [4.78, 5) is 26.3. The van der Waals surface area contributed by atoms with Gasteiger partial charge in [0.15, 0.2) is 0 Å². The Bertz CT molecular complexity index is 910. The second-order valence-electron chi connectivity index (χ2n) is 12.7. The molecule has 5 fully saturated rings. The molecule has 1 amide bonds. The molecular weight excluding hydrogens is 482 g/mol. The molecular formula is C28H47N7OS. The number of allylic oxidation sites excluding steroid dienone is 1. The monoisotopic (exact) mass is 529 g/mol. The molecule has 5 aliphatic rings. The van der Waals surface area contributed by atoms with Crippen molar-refractivity contribution in [3.05, 3.63) is 11.4 Å². The van der Waals surface area contributed by atoms with E-state index < -0.39 is 0 Å². The normalized spacial score (nSPS) is 34.2. The van der Waals surface area contributed by atoms with E-state index in [0.29, 0.717) is 23.2 Å². The van der Waals surface area contributed by atoms with Crippen LogP contribution in [-0.4, -0.2) is 95.8 Å². The van der Waals surface area contributed by atoms with Gasteiger partial charge in [-0.3, -0.25) is 14.7 Å². The fourth-order valence-electron chi connectivity index (χ4n) is 6.98. The molecule has 9 heteroatoms. The van der Waals surface area contributed by atoms with Crippen molar-refractivity contribution in [1.29, 1.82) is 0 Å². The number of nitrogens with two attached hydrogens (primary N) is 1. The predicted octanol–water partition coefficient (Wildman–Crippen LogP) is 3.76. The Morgan fingerprint density at radius 1 is 1.03 bits per heavy atom. The molecule has 3 heterocycles. The van der Waals surface area contributed by atoms with Crippen molar-refractivity contribution < 1.29 is 4.79 Å². The van der Waals surface area contributed by atoms with Gasteiger partial charge in [-0.25, -0.2) is 13.6 Å². The smallest absolute Gasteiger partial charge is 0.215 e. The number of hydrogen-bond donors (Lipinski definition) is 1. The maximum Gasteiger partial charge on any atom is 0.215 e. The summed E-state index contributed by atoms with van der Waals surface area (Å²) < 4.78 is 5.15. The molecule has 2 N–H and O–H groups in total. The highest BCUT2D eigenvalue weighted by atomic mass is 32.2. The van der Waals surface area contributed by atoms with Gasteiger partial charge in [-0.1, -0.05) is 20.3 Å². The highest BCUT2D eigenvalue weighted by molar-refractivity contribution is 7.94. The standard InChI is InChI=1S/C28H47N7OS/c1-22-5-4-6-25(22)35(21-36)26(31-20-29)24(27(2)9-10-27)17-30-23-7-13-33(14-8-23)37-34-16-12-28(19-34)11-15-32(3)18-28/h17,20-23,25H,4-16,18-19H2,1-3H3,(H2,29,31)/b26-24-,30-17?. The number of aliphatic imine (C=N–C) groups is 2. The Hall–Kier alpha value is -1.42. The van der Waals surface area contributed by atoms with E-state index in [-0.39, 0.29) is 11.5 Å². The number of hydrogen-bond acceptors (Lipinski definition) is 7. The van der Waals surface area contributed by atoms with E-state index in [0.717, 1.165) is 70.0 Å². The summed E-state index contributed by atoms with van der Waals surface area (Å²) in [5, 5.41) is 0. The Morgan fingerprint density at radius 2 is 1.78 bits per heavy atom. The molecule has 2 saturated carbocycles. The fourth-order valence-corrected chi connectivity index (χ4v) is 8.19. The molecule has 5 rings (SSSR count). The molecule has 3 unspecified atom stereocenters. The lowest BCUT2D eigenvalue weighted by Gasteiger charge is -2.33. The van der Waals surface area contributed by atoms with Gasteiger partial charge in [-0.05, 0) is 81.7 Å². The van der Waals surface area contributed by atoms with Gasteiger partial charge >= 0.3 is 0 Å². The molecule has 3 saturated heterocycles. The average Bonchev–Trinajstić information content (AvgIpc) is 3.18. The van der Waals surface area contributed by atoms with Gasteiger partial charge in [0, 0.05) is 62.7 Å². The predicted molar refractivity (Wildman–Crippen MR) is 153 cm³/mol.